The standard InChI is InChI=1S/C43H58N6O3S/c1-6-7-8-9-10-28-52-36-18-16-33(17-19-36)35-30-45-40(46-31-35)34-14-12-32(13-15-34)29-37(47-42(51)38-20-21-39(53-38)43(2,3)4)41(50)44-22-11-23-49-26-24-48(5)25-27-49/h12-21,30-31,37H,6-11,22-29H2,1-5H3,(H,44,50)(H,47,51). The van der Waals surface area contributed by atoms with E-state index in [0.717, 1.165) is 85.1 Å². The monoisotopic (exact) mass is 738 g/mol. The van der Waals surface area contributed by atoms with Gasteiger partial charge < -0.3 is 25.2 Å². The molecule has 2 aromatic carbocycles. The molecule has 2 N–H and O–H groups in total. The molecule has 0 bridgehead atoms. The Morgan fingerprint density at radius 3 is 2.17 bits per heavy atom. The number of piperazine rings is 1. The molecule has 0 saturated carbocycles. The number of hydrogen-bond donors (Lipinski definition) is 2. The minimum Gasteiger partial charge on any atom is -0.494 e. The molecule has 2 aromatic heterocycles. The predicted octanol–water partition coefficient (Wildman–Crippen LogP) is 7.61. The van der Waals surface area contributed by atoms with Crippen molar-refractivity contribution in [3.63, 3.8) is 0 Å². The maximum atomic E-state index is 13.5. The van der Waals surface area contributed by atoms with Crippen molar-refractivity contribution < 1.29 is 14.3 Å². The van der Waals surface area contributed by atoms with Crippen LogP contribution in [0.25, 0.3) is 22.5 Å². The Bertz CT molecular complexity index is 1710. The number of thiophene rings is 1. The molecule has 0 radical (unpaired) electrons. The summed E-state index contributed by atoms with van der Waals surface area (Å²) < 4.78 is 5.92. The van der Waals surface area contributed by atoms with Gasteiger partial charge in [0.1, 0.15) is 11.8 Å². The number of nitrogens with one attached hydrogen (secondary N) is 2. The Morgan fingerprint density at radius 2 is 1.51 bits per heavy atom. The first kappa shape index (κ1) is 40.1. The molecule has 1 aliphatic rings. The number of nitrogens with zero attached hydrogens (tertiary/aromatic N) is 4. The Hall–Kier alpha value is -4.12. The van der Waals surface area contributed by atoms with Gasteiger partial charge in [0.05, 0.1) is 11.5 Å². The Labute approximate surface area is 320 Å². The lowest BCUT2D eigenvalue weighted by Gasteiger charge is -2.32. The minimum atomic E-state index is -0.713. The highest BCUT2D eigenvalue weighted by atomic mass is 32.1. The van der Waals surface area contributed by atoms with Crippen LogP contribution in [0.4, 0.5) is 0 Å². The molecule has 1 atom stereocenters. The quantitative estimate of drug-likeness (QED) is 0.101. The average molecular weight is 739 g/mol. The molecule has 5 rings (SSSR count). The van der Waals surface area contributed by atoms with E-state index in [4.69, 9.17) is 4.74 Å². The van der Waals surface area contributed by atoms with Gasteiger partial charge in [-0.15, -0.1) is 11.3 Å². The fourth-order valence-electron chi connectivity index (χ4n) is 6.30. The minimum absolute atomic E-state index is 0.0523. The maximum absolute atomic E-state index is 13.5. The van der Waals surface area contributed by atoms with E-state index in [1.54, 1.807) is 0 Å². The molecule has 9 nitrogen and oxygen atoms in total. The highest BCUT2D eigenvalue weighted by Crippen LogP contribution is 2.29. The van der Waals surface area contributed by atoms with Crippen LogP contribution in [0.2, 0.25) is 0 Å². The lowest BCUT2D eigenvalue weighted by atomic mass is 9.95. The van der Waals surface area contributed by atoms with E-state index in [9.17, 15) is 9.59 Å². The fraction of sp³-hybridized carbons (Fsp3) is 0.488. The molecule has 10 heteroatoms. The molecular weight excluding hydrogens is 681 g/mol. The first-order chi connectivity index (χ1) is 25.6. The third kappa shape index (κ3) is 12.5. The highest BCUT2D eigenvalue weighted by molar-refractivity contribution is 7.14. The van der Waals surface area contributed by atoms with Gasteiger partial charge in [0.15, 0.2) is 5.82 Å². The lowest BCUT2D eigenvalue weighted by molar-refractivity contribution is -0.123. The predicted molar refractivity (Wildman–Crippen MR) is 217 cm³/mol. The fourth-order valence-corrected chi connectivity index (χ4v) is 7.27. The van der Waals surface area contributed by atoms with Crippen LogP contribution in [0.3, 0.4) is 0 Å². The molecule has 0 spiro atoms. The van der Waals surface area contributed by atoms with Crippen molar-refractivity contribution >= 4 is 23.2 Å². The van der Waals surface area contributed by atoms with E-state index < -0.39 is 6.04 Å². The average Bonchev–Trinajstić information content (AvgIpc) is 3.68. The largest absolute Gasteiger partial charge is 0.494 e. The normalized spacial score (nSPS) is 14.5. The van der Waals surface area contributed by atoms with Gasteiger partial charge in [0.2, 0.25) is 5.91 Å². The number of carbonyl (C=O) groups excluding carboxylic acids is 2. The first-order valence-electron chi connectivity index (χ1n) is 19.3. The van der Waals surface area contributed by atoms with Gasteiger partial charge in [-0.25, -0.2) is 9.97 Å². The van der Waals surface area contributed by atoms with Crippen LogP contribution < -0.4 is 15.4 Å². The van der Waals surface area contributed by atoms with Gasteiger partial charge in [-0.1, -0.05) is 89.8 Å². The number of benzene rings is 2. The zero-order valence-corrected chi connectivity index (χ0v) is 33.1. The van der Waals surface area contributed by atoms with E-state index in [2.05, 4.69) is 65.1 Å². The van der Waals surface area contributed by atoms with Gasteiger partial charge in [-0.05, 0) is 67.2 Å². The van der Waals surface area contributed by atoms with Crippen molar-refractivity contribution in [1.82, 2.24) is 30.4 Å². The number of rotatable bonds is 18. The second-order valence-electron chi connectivity index (χ2n) is 15.2. The van der Waals surface area contributed by atoms with Gasteiger partial charge >= 0.3 is 0 Å². The number of unbranched alkanes of at least 4 members (excludes halogenated alkanes) is 4. The number of carbonyl (C=O) groups is 2. The summed E-state index contributed by atoms with van der Waals surface area (Å²) >= 11 is 1.48. The molecule has 0 aliphatic carbocycles. The second kappa shape index (κ2) is 19.8. The molecule has 1 aliphatic heterocycles. The third-order valence-corrected chi connectivity index (χ3v) is 11.3. The number of ether oxygens (including phenoxy) is 1. The summed E-state index contributed by atoms with van der Waals surface area (Å²) in [4.78, 5) is 42.8. The summed E-state index contributed by atoms with van der Waals surface area (Å²) in [5.41, 5.74) is 3.73. The van der Waals surface area contributed by atoms with Gasteiger partial charge in [0.25, 0.3) is 5.91 Å². The lowest BCUT2D eigenvalue weighted by Crippen LogP contribution is -2.48. The molecule has 1 saturated heterocycles. The summed E-state index contributed by atoms with van der Waals surface area (Å²) in [7, 11) is 2.15. The van der Waals surface area contributed by atoms with Crippen LogP contribution in [0.1, 0.15) is 86.3 Å². The first-order valence-corrected chi connectivity index (χ1v) is 20.1. The molecule has 3 heterocycles. The van der Waals surface area contributed by atoms with Crippen LogP contribution in [0, 0.1) is 0 Å². The van der Waals surface area contributed by atoms with E-state index in [-0.39, 0.29) is 17.2 Å². The van der Waals surface area contributed by atoms with Crippen molar-refractivity contribution in [3.05, 3.63) is 88.4 Å². The van der Waals surface area contributed by atoms with Crippen LogP contribution in [0.15, 0.2) is 73.1 Å². The molecule has 1 unspecified atom stereocenters. The number of likely N-dealkylation sites (N-methyl/N-ethyl adjacent to an activating group) is 1. The van der Waals surface area contributed by atoms with Gasteiger partial charge in [-0.3, -0.25) is 9.59 Å². The molecule has 284 valence electrons. The molecule has 2 amide bonds. The summed E-state index contributed by atoms with van der Waals surface area (Å²) in [6, 6.07) is 19.1. The summed E-state index contributed by atoms with van der Waals surface area (Å²) in [6.45, 7) is 15.1. The maximum Gasteiger partial charge on any atom is 0.262 e. The summed E-state index contributed by atoms with van der Waals surface area (Å²) in [6.07, 6.45) is 11.0. The van der Waals surface area contributed by atoms with Crippen LogP contribution >= 0.6 is 11.3 Å². The van der Waals surface area contributed by atoms with Gasteiger partial charge in [0, 0.05) is 67.5 Å². The molecular formula is C43H58N6O3S. The van der Waals surface area contributed by atoms with Crippen LogP contribution in [-0.2, 0) is 16.6 Å². The topological polar surface area (TPSA) is 99.7 Å². The highest BCUT2D eigenvalue weighted by Gasteiger charge is 2.25. The smallest absolute Gasteiger partial charge is 0.262 e. The zero-order chi connectivity index (χ0) is 37.6. The second-order valence-corrected chi connectivity index (χ2v) is 16.3. The molecule has 4 aromatic rings. The zero-order valence-electron chi connectivity index (χ0n) is 32.3. The number of aromatic nitrogens is 2. The Morgan fingerprint density at radius 1 is 0.830 bits per heavy atom. The van der Waals surface area contributed by atoms with Crippen molar-refractivity contribution in [2.24, 2.45) is 0 Å². The third-order valence-electron chi connectivity index (χ3n) is 9.75. The SMILES string of the molecule is CCCCCCCOc1ccc(-c2cnc(-c3ccc(CC(NC(=O)c4ccc(C(C)(C)C)s4)C(=O)NCCCN4CCN(C)CC4)cc3)nc2)cc1. The summed E-state index contributed by atoms with van der Waals surface area (Å²) in [5.74, 6) is 1.10. The molecule has 1 fully saturated rings. The summed E-state index contributed by atoms with van der Waals surface area (Å²) in [5, 5.41) is 6.14. The van der Waals surface area contributed by atoms with Crippen molar-refractivity contribution in [1.29, 1.82) is 0 Å². The van der Waals surface area contributed by atoms with Crippen LogP contribution in [0.5, 0.6) is 5.75 Å². The van der Waals surface area contributed by atoms with E-state index in [1.165, 1.54) is 37.0 Å². The number of hydrogen-bond acceptors (Lipinski definition) is 8. The van der Waals surface area contributed by atoms with Gasteiger partial charge in [-0.2, -0.15) is 0 Å². The Kier molecular flexibility index (Phi) is 15.0. The van der Waals surface area contributed by atoms with Crippen LogP contribution in [-0.4, -0.2) is 90.5 Å². The number of amides is 2. The van der Waals surface area contributed by atoms with E-state index in [1.807, 2.05) is 73.1 Å². The van der Waals surface area contributed by atoms with Crippen molar-refractivity contribution in [2.45, 2.75) is 84.1 Å². The Balaban J connectivity index is 1.18. The van der Waals surface area contributed by atoms with E-state index >= 15 is 0 Å². The van der Waals surface area contributed by atoms with Crippen molar-refractivity contribution in [3.8, 4) is 28.3 Å². The van der Waals surface area contributed by atoms with Crippen molar-refractivity contribution in [2.75, 3.05) is 52.9 Å². The molecule has 53 heavy (non-hydrogen) atoms. The van der Waals surface area contributed by atoms with E-state index in [0.29, 0.717) is 23.7 Å².